The van der Waals surface area contributed by atoms with Crippen LogP contribution in [-0.4, -0.2) is 11.6 Å². The first kappa shape index (κ1) is 16.5. The number of rotatable bonds is 3. The number of benzene rings is 3. The van der Waals surface area contributed by atoms with Crippen LogP contribution in [0, 0.1) is 13.8 Å². The first-order valence-corrected chi connectivity index (χ1v) is 8.84. The topological polar surface area (TPSA) is 34.1 Å². The SMILES string of the molecule is Cc1ccc(C2(Cc3ccccc3)C(=O)c3ccccc3C2=O)cc1C. The highest BCUT2D eigenvalue weighted by Crippen LogP contribution is 2.42. The molecular formula is C24H20O2. The Bertz CT molecular complexity index is 980. The summed E-state index contributed by atoms with van der Waals surface area (Å²) in [5.74, 6) is -0.185. The number of fused-ring (bicyclic) bond motifs is 1. The minimum absolute atomic E-state index is 0.0924. The number of Topliss-reactive ketones (excluding diaryl/α,β-unsaturated/α-hetero) is 2. The van der Waals surface area contributed by atoms with Gasteiger partial charge < -0.3 is 0 Å². The lowest BCUT2D eigenvalue weighted by Gasteiger charge is -2.27. The van der Waals surface area contributed by atoms with Gasteiger partial charge in [0.1, 0.15) is 5.41 Å². The van der Waals surface area contributed by atoms with Gasteiger partial charge in [0.05, 0.1) is 0 Å². The molecule has 0 aliphatic heterocycles. The largest absolute Gasteiger partial charge is 0.293 e. The lowest BCUT2D eigenvalue weighted by Crippen LogP contribution is -2.40. The zero-order chi connectivity index (χ0) is 18.3. The van der Waals surface area contributed by atoms with Gasteiger partial charge in [0.25, 0.3) is 0 Å². The summed E-state index contributed by atoms with van der Waals surface area (Å²) in [4.78, 5) is 27.0. The molecule has 0 unspecified atom stereocenters. The molecule has 0 heterocycles. The Kier molecular flexibility index (Phi) is 3.84. The monoisotopic (exact) mass is 340 g/mol. The van der Waals surface area contributed by atoms with E-state index in [0.717, 1.165) is 22.3 Å². The summed E-state index contributed by atoms with van der Waals surface area (Å²) < 4.78 is 0. The Morgan fingerprint density at radius 2 is 1.27 bits per heavy atom. The van der Waals surface area contributed by atoms with Gasteiger partial charge in [-0.3, -0.25) is 9.59 Å². The summed E-state index contributed by atoms with van der Waals surface area (Å²) in [5.41, 5.74) is 3.91. The Morgan fingerprint density at radius 1 is 0.692 bits per heavy atom. The smallest absolute Gasteiger partial charge is 0.182 e. The molecule has 0 N–H and O–H groups in total. The van der Waals surface area contributed by atoms with Gasteiger partial charge in [-0.2, -0.15) is 0 Å². The highest BCUT2D eigenvalue weighted by atomic mass is 16.2. The molecule has 0 amide bonds. The van der Waals surface area contributed by atoms with E-state index in [4.69, 9.17) is 0 Å². The predicted molar refractivity (Wildman–Crippen MR) is 103 cm³/mol. The number of hydrogen-bond acceptors (Lipinski definition) is 2. The van der Waals surface area contributed by atoms with Crippen molar-refractivity contribution in [3.63, 3.8) is 0 Å². The third kappa shape index (κ3) is 2.33. The summed E-state index contributed by atoms with van der Waals surface area (Å²) in [5, 5.41) is 0. The van der Waals surface area contributed by atoms with Crippen LogP contribution in [-0.2, 0) is 11.8 Å². The maximum Gasteiger partial charge on any atom is 0.182 e. The van der Waals surface area contributed by atoms with E-state index in [1.54, 1.807) is 12.1 Å². The summed E-state index contributed by atoms with van der Waals surface area (Å²) in [6.45, 7) is 4.06. The van der Waals surface area contributed by atoms with Gasteiger partial charge in [-0.15, -0.1) is 0 Å². The lowest BCUT2D eigenvalue weighted by molar-refractivity contribution is 0.0793. The highest BCUT2D eigenvalue weighted by Gasteiger charge is 2.53. The lowest BCUT2D eigenvalue weighted by atomic mass is 9.71. The zero-order valence-electron chi connectivity index (χ0n) is 15.0. The zero-order valence-corrected chi connectivity index (χ0v) is 15.0. The summed E-state index contributed by atoms with van der Waals surface area (Å²) in [6, 6.07) is 22.9. The quantitative estimate of drug-likeness (QED) is 0.638. The average Bonchev–Trinajstić information content (AvgIpc) is 2.88. The van der Waals surface area contributed by atoms with Gasteiger partial charge in [0.15, 0.2) is 11.6 Å². The number of hydrogen-bond donors (Lipinski definition) is 0. The second-order valence-electron chi connectivity index (χ2n) is 7.07. The van der Waals surface area contributed by atoms with Crippen LogP contribution < -0.4 is 0 Å². The molecule has 2 nitrogen and oxygen atoms in total. The minimum atomic E-state index is -1.18. The van der Waals surface area contributed by atoms with Crippen LogP contribution in [0.1, 0.15) is 43.0 Å². The van der Waals surface area contributed by atoms with Gasteiger partial charge in [-0.1, -0.05) is 72.8 Å². The molecule has 0 spiro atoms. The van der Waals surface area contributed by atoms with E-state index < -0.39 is 5.41 Å². The van der Waals surface area contributed by atoms with Crippen molar-refractivity contribution >= 4 is 11.6 Å². The second kappa shape index (κ2) is 6.06. The molecular weight excluding hydrogens is 320 g/mol. The van der Waals surface area contributed by atoms with Crippen LogP contribution in [0.2, 0.25) is 0 Å². The molecule has 0 fully saturated rings. The first-order chi connectivity index (χ1) is 12.5. The molecule has 0 radical (unpaired) electrons. The van der Waals surface area contributed by atoms with Gasteiger partial charge >= 0.3 is 0 Å². The van der Waals surface area contributed by atoms with Crippen molar-refractivity contribution in [2.24, 2.45) is 0 Å². The van der Waals surface area contributed by atoms with Crippen LogP contribution >= 0.6 is 0 Å². The van der Waals surface area contributed by atoms with Crippen molar-refractivity contribution in [2.45, 2.75) is 25.7 Å². The van der Waals surface area contributed by atoms with Crippen LogP contribution in [0.5, 0.6) is 0 Å². The number of ketones is 2. The van der Waals surface area contributed by atoms with Crippen molar-refractivity contribution in [2.75, 3.05) is 0 Å². The summed E-state index contributed by atoms with van der Waals surface area (Å²) in [6.07, 6.45) is 0.378. The number of aryl methyl sites for hydroxylation is 2. The molecule has 3 aromatic rings. The van der Waals surface area contributed by atoms with Gasteiger partial charge in [-0.25, -0.2) is 0 Å². The molecule has 1 aliphatic rings. The van der Waals surface area contributed by atoms with E-state index in [1.165, 1.54) is 0 Å². The van der Waals surface area contributed by atoms with Crippen LogP contribution in [0.4, 0.5) is 0 Å². The van der Waals surface area contributed by atoms with Gasteiger partial charge in [-0.05, 0) is 42.5 Å². The van der Waals surface area contributed by atoms with Crippen molar-refractivity contribution in [1.29, 1.82) is 0 Å². The Labute approximate surface area is 153 Å². The minimum Gasteiger partial charge on any atom is -0.293 e. The van der Waals surface area contributed by atoms with Crippen LogP contribution in [0.3, 0.4) is 0 Å². The fourth-order valence-corrected chi connectivity index (χ4v) is 3.88. The fraction of sp³-hybridized carbons (Fsp3) is 0.167. The van der Waals surface area contributed by atoms with Gasteiger partial charge in [0.2, 0.25) is 0 Å². The second-order valence-corrected chi connectivity index (χ2v) is 7.07. The Balaban J connectivity index is 1.95. The third-order valence-corrected chi connectivity index (χ3v) is 5.50. The molecule has 0 saturated carbocycles. The van der Waals surface area contributed by atoms with E-state index in [-0.39, 0.29) is 11.6 Å². The fourth-order valence-electron chi connectivity index (χ4n) is 3.88. The van der Waals surface area contributed by atoms with Crippen molar-refractivity contribution < 1.29 is 9.59 Å². The molecule has 0 bridgehead atoms. The molecule has 128 valence electrons. The third-order valence-electron chi connectivity index (χ3n) is 5.50. The van der Waals surface area contributed by atoms with E-state index in [9.17, 15) is 9.59 Å². The molecule has 1 aliphatic carbocycles. The highest BCUT2D eigenvalue weighted by molar-refractivity contribution is 6.33. The molecule has 26 heavy (non-hydrogen) atoms. The van der Waals surface area contributed by atoms with Crippen molar-refractivity contribution in [3.8, 4) is 0 Å². The van der Waals surface area contributed by atoms with E-state index >= 15 is 0 Å². The summed E-state index contributed by atoms with van der Waals surface area (Å²) in [7, 11) is 0. The van der Waals surface area contributed by atoms with E-state index in [2.05, 4.69) is 0 Å². The standard InChI is InChI=1S/C24H20O2/c1-16-12-13-19(14-17(16)2)24(15-18-8-4-3-5-9-18)22(25)20-10-6-7-11-21(20)23(24)26/h3-14H,15H2,1-2H3. The number of carbonyl (C=O) groups is 2. The molecule has 2 heteroatoms. The Hall–Kier alpha value is -3.00. The molecule has 3 aromatic carbocycles. The maximum atomic E-state index is 13.5. The average molecular weight is 340 g/mol. The number of carbonyl (C=O) groups excluding carboxylic acids is 2. The van der Waals surface area contributed by atoms with Crippen molar-refractivity contribution in [3.05, 3.63) is 106 Å². The first-order valence-electron chi connectivity index (χ1n) is 8.84. The molecule has 0 saturated heterocycles. The summed E-state index contributed by atoms with van der Waals surface area (Å²) >= 11 is 0. The van der Waals surface area contributed by atoms with Crippen LogP contribution in [0.15, 0.2) is 72.8 Å². The normalized spacial score (nSPS) is 15.2. The van der Waals surface area contributed by atoms with E-state index in [0.29, 0.717) is 17.5 Å². The molecule has 0 aromatic heterocycles. The Morgan fingerprint density at radius 3 is 1.85 bits per heavy atom. The van der Waals surface area contributed by atoms with E-state index in [1.807, 2.05) is 74.5 Å². The van der Waals surface area contributed by atoms with Gasteiger partial charge in [0, 0.05) is 11.1 Å². The predicted octanol–water partition coefficient (Wildman–Crippen LogP) is 4.86. The molecule has 4 rings (SSSR count). The van der Waals surface area contributed by atoms with Crippen molar-refractivity contribution in [1.82, 2.24) is 0 Å². The van der Waals surface area contributed by atoms with Crippen LogP contribution in [0.25, 0.3) is 0 Å². The molecule has 0 atom stereocenters. The maximum absolute atomic E-state index is 13.5.